The molecule has 1 atom stereocenters. The molecule has 0 spiro atoms. The van der Waals surface area contributed by atoms with Crippen LogP contribution in [0.3, 0.4) is 0 Å². The number of aromatic nitrogens is 1. The van der Waals surface area contributed by atoms with Gasteiger partial charge in [0.1, 0.15) is 0 Å². The summed E-state index contributed by atoms with van der Waals surface area (Å²) < 4.78 is 0. The SMILES string of the molecule is CCCN(c1nc2c(s1)CCCC2NCC)C(C)C. The zero-order valence-corrected chi connectivity index (χ0v) is 13.5. The number of nitrogens with one attached hydrogen (secondary N) is 1. The Morgan fingerprint density at radius 2 is 2.21 bits per heavy atom. The Labute approximate surface area is 121 Å². The lowest BCUT2D eigenvalue weighted by atomic mass is 9.98. The molecule has 0 amide bonds. The summed E-state index contributed by atoms with van der Waals surface area (Å²) in [5.41, 5.74) is 1.33. The minimum atomic E-state index is 0.481. The van der Waals surface area contributed by atoms with Crippen LogP contribution in [0.5, 0.6) is 0 Å². The molecular weight excluding hydrogens is 254 g/mol. The van der Waals surface area contributed by atoms with Gasteiger partial charge < -0.3 is 10.2 Å². The smallest absolute Gasteiger partial charge is 0.186 e. The van der Waals surface area contributed by atoms with Crippen LogP contribution in [0.25, 0.3) is 0 Å². The summed E-state index contributed by atoms with van der Waals surface area (Å²) >= 11 is 1.92. The van der Waals surface area contributed by atoms with Crippen molar-refractivity contribution < 1.29 is 0 Å². The summed E-state index contributed by atoms with van der Waals surface area (Å²) in [5, 5.41) is 4.81. The Kier molecular flexibility index (Phi) is 5.22. The van der Waals surface area contributed by atoms with Crippen LogP contribution in [0.2, 0.25) is 0 Å². The largest absolute Gasteiger partial charge is 0.346 e. The number of nitrogens with zero attached hydrogens (tertiary/aromatic N) is 2. The van der Waals surface area contributed by atoms with Gasteiger partial charge in [0.05, 0.1) is 11.7 Å². The van der Waals surface area contributed by atoms with Gasteiger partial charge in [-0.05, 0) is 46.1 Å². The van der Waals surface area contributed by atoms with Gasteiger partial charge in [0, 0.05) is 17.5 Å². The molecule has 1 aliphatic rings. The highest BCUT2D eigenvalue weighted by Gasteiger charge is 2.26. The van der Waals surface area contributed by atoms with Crippen LogP contribution < -0.4 is 10.2 Å². The van der Waals surface area contributed by atoms with Crippen molar-refractivity contribution in [2.45, 2.75) is 65.5 Å². The minimum absolute atomic E-state index is 0.481. The van der Waals surface area contributed by atoms with Gasteiger partial charge >= 0.3 is 0 Å². The highest BCUT2D eigenvalue weighted by molar-refractivity contribution is 7.15. The van der Waals surface area contributed by atoms with Crippen molar-refractivity contribution in [3.05, 3.63) is 10.6 Å². The fraction of sp³-hybridized carbons (Fsp3) is 0.800. The molecule has 1 N–H and O–H groups in total. The summed E-state index contributed by atoms with van der Waals surface area (Å²) in [5.74, 6) is 0. The molecule has 19 heavy (non-hydrogen) atoms. The number of fused-ring (bicyclic) bond motifs is 1. The maximum atomic E-state index is 4.97. The highest BCUT2D eigenvalue weighted by atomic mass is 32.1. The molecule has 0 bridgehead atoms. The predicted molar refractivity (Wildman–Crippen MR) is 84.2 cm³/mol. The second-order valence-corrected chi connectivity index (χ2v) is 6.66. The molecule has 0 aromatic carbocycles. The Morgan fingerprint density at radius 3 is 2.84 bits per heavy atom. The van der Waals surface area contributed by atoms with Gasteiger partial charge in [-0.15, -0.1) is 11.3 Å². The first-order valence-electron chi connectivity index (χ1n) is 7.67. The quantitative estimate of drug-likeness (QED) is 0.860. The van der Waals surface area contributed by atoms with E-state index in [0.717, 1.165) is 13.1 Å². The minimum Gasteiger partial charge on any atom is -0.346 e. The van der Waals surface area contributed by atoms with E-state index in [1.807, 2.05) is 11.3 Å². The first kappa shape index (κ1) is 14.8. The molecule has 0 fully saturated rings. The third-order valence-electron chi connectivity index (χ3n) is 3.73. The third kappa shape index (κ3) is 3.29. The van der Waals surface area contributed by atoms with E-state index in [1.54, 1.807) is 0 Å². The Morgan fingerprint density at radius 1 is 1.42 bits per heavy atom. The Bertz CT molecular complexity index is 400. The van der Waals surface area contributed by atoms with Crippen molar-refractivity contribution in [3.63, 3.8) is 0 Å². The zero-order valence-electron chi connectivity index (χ0n) is 12.7. The van der Waals surface area contributed by atoms with E-state index in [-0.39, 0.29) is 0 Å². The molecule has 0 aliphatic heterocycles. The highest BCUT2D eigenvalue weighted by Crippen LogP contribution is 2.37. The van der Waals surface area contributed by atoms with Gasteiger partial charge in [-0.2, -0.15) is 0 Å². The fourth-order valence-electron chi connectivity index (χ4n) is 2.79. The predicted octanol–water partition coefficient (Wildman–Crippen LogP) is 3.75. The second-order valence-electron chi connectivity index (χ2n) is 5.59. The van der Waals surface area contributed by atoms with Gasteiger partial charge in [0.15, 0.2) is 5.13 Å². The van der Waals surface area contributed by atoms with Crippen molar-refractivity contribution >= 4 is 16.5 Å². The van der Waals surface area contributed by atoms with E-state index in [2.05, 4.69) is 37.9 Å². The average Bonchev–Trinajstić information content (AvgIpc) is 2.80. The van der Waals surface area contributed by atoms with Gasteiger partial charge in [0.2, 0.25) is 0 Å². The average molecular weight is 281 g/mol. The number of hydrogen-bond acceptors (Lipinski definition) is 4. The molecule has 2 rings (SSSR count). The van der Waals surface area contributed by atoms with Crippen LogP contribution >= 0.6 is 11.3 Å². The second kappa shape index (κ2) is 6.71. The van der Waals surface area contributed by atoms with Crippen LogP contribution in [0.15, 0.2) is 0 Å². The van der Waals surface area contributed by atoms with E-state index >= 15 is 0 Å². The summed E-state index contributed by atoms with van der Waals surface area (Å²) in [6, 6.07) is 1.01. The lowest BCUT2D eigenvalue weighted by molar-refractivity contribution is 0.465. The summed E-state index contributed by atoms with van der Waals surface area (Å²) in [6.07, 6.45) is 4.92. The molecule has 0 radical (unpaired) electrons. The topological polar surface area (TPSA) is 28.2 Å². The lowest BCUT2D eigenvalue weighted by Crippen LogP contribution is -2.31. The molecule has 1 unspecified atom stereocenters. The maximum absolute atomic E-state index is 4.97. The van der Waals surface area contributed by atoms with Gasteiger partial charge in [-0.25, -0.2) is 4.98 Å². The van der Waals surface area contributed by atoms with Crippen molar-refractivity contribution in [1.29, 1.82) is 0 Å². The molecule has 4 heteroatoms. The van der Waals surface area contributed by atoms with Crippen molar-refractivity contribution in [2.24, 2.45) is 0 Å². The standard InChI is InChI=1S/C15H27N3S/c1-5-10-18(11(3)4)15-17-14-12(16-6-2)8-7-9-13(14)19-15/h11-12,16H,5-10H2,1-4H3. The van der Waals surface area contributed by atoms with E-state index in [0.29, 0.717) is 12.1 Å². The normalized spacial score (nSPS) is 18.7. The van der Waals surface area contributed by atoms with E-state index in [9.17, 15) is 0 Å². The van der Waals surface area contributed by atoms with E-state index in [4.69, 9.17) is 4.98 Å². The summed E-state index contributed by atoms with van der Waals surface area (Å²) in [7, 11) is 0. The van der Waals surface area contributed by atoms with E-state index in [1.165, 1.54) is 41.4 Å². The van der Waals surface area contributed by atoms with Gasteiger partial charge in [0.25, 0.3) is 0 Å². The number of anilines is 1. The molecule has 1 aromatic rings. The lowest BCUT2D eigenvalue weighted by Gasteiger charge is -2.25. The number of aryl methyl sites for hydroxylation is 1. The first-order chi connectivity index (χ1) is 9.17. The van der Waals surface area contributed by atoms with Crippen LogP contribution in [-0.4, -0.2) is 24.1 Å². The van der Waals surface area contributed by atoms with Crippen LogP contribution in [0.4, 0.5) is 5.13 Å². The van der Waals surface area contributed by atoms with Crippen molar-refractivity contribution in [2.75, 3.05) is 18.0 Å². The molecule has 1 aromatic heterocycles. The number of rotatable bonds is 6. The monoisotopic (exact) mass is 281 g/mol. The fourth-order valence-corrected chi connectivity index (χ4v) is 4.11. The summed E-state index contributed by atoms with van der Waals surface area (Å²) in [4.78, 5) is 8.93. The molecular formula is C15H27N3S. The molecule has 1 aliphatic carbocycles. The van der Waals surface area contributed by atoms with Crippen LogP contribution in [-0.2, 0) is 6.42 Å². The Hall–Kier alpha value is -0.610. The molecule has 0 saturated carbocycles. The van der Waals surface area contributed by atoms with Crippen molar-refractivity contribution in [3.8, 4) is 0 Å². The zero-order chi connectivity index (χ0) is 13.8. The number of thiazole rings is 1. The molecule has 1 heterocycles. The maximum Gasteiger partial charge on any atom is 0.186 e. The van der Waals surface area contributed by atoms with Crippen LogP contribution in [0.1, 0.15) is 63.6 Å². The Balaban J connectivity index is 2.24. The van der Waals surface area contributed by atoms with Gasteiger partial charge in [-0.1, -0.05) is 13.8 Å². The number of hydrogen-bond donors (Lipinski definition) is 1. The third-order valence-corrected chi connectivity index (χ3v) is 4.90. The van der Waals surface area contributed by atoms with Gasteiger partial charge in [-0.3, -0.25) is 0 Å². The first-order valence-corrected chi connectivity index (χ1v) is 8.48. The molecule has 3 nitrogen and oxygen atoms in total. The van der Waals surface area contributed by atoms with Crippen LogP contribution in [0, 0.1) is 0 Å². The molecule has 0 saturated heterocycles. The molecule has 108 valence electrons. The summed E-state index contributed by atoms with van der Waals surface area (Å²) in [6.45, 7) is 11.1. The van der Waals surface area contributed by atoms with E-state index < -0.39 is 0 Å². The van der Waals surface area contributed by atoms with Crippen molar-refractivity contribution in [1.82, 2.24) is 10.3 Å².